The summed E-state index contributed by atoms with van der Waals surface area (Å²) < 4.78 is 1.98. The number of Topliss-reactive ketones (excluding diaryl/α,β-unsaturated/α-hetero) is 1. The van der Waals surface area contributed by atoms with Gasteiger partial charge in [0.05, 0.1) is 6.54 Å². The molecule has 0 radical (unpaired) electrons. The first-order valence-corrected chi connectivity index (χ1v) is 10.3. The highest BCUT2D eigenvalue weighted by atomic mass is 16.2. The molecule has 3 amide bonds. The Morgan fingerprint density at radius 2 is 1.87 bits per heavy atom. The van der Waals surface area contributed by atoms with Crippen LogP contribution in [0.4, 0.5) is 4.79 Å². The van der Waals surface area contributed by atoms with Crippen molar-refractivity contribution in [1.29, 1.82) is 0 Å². The van der Waals surface area contributed by atoms with Crippen LogP contribution in [0.2, 0.25) is 0 Å². The first-order chi connectivity index (χ1) is 14.2. The van der Waals surface area contributed by atoms with Crippen molar-refractivity contribution in [2.45, 2.75) is 52.6 Å². The Morgan fingerprint density at radius 1 is 1.20 bits per heavy atom. The zero-order valence-corrected chi connectivity index (χ0v) is 18.1. The number of rotatable bonds is 8. The number of carbonyl (C=O) groups excluding carboxylic acids is 3. The van der Waals surface area contributed by atoms with Gasteiger partial charge in [0.2, 0.25) is 0 Å². The lowest BCUT2D eigenvalue weighted by atomic mass is 9.91. The van der Waals surface area contributed by atoms with E-state index >= 15 is 0 Å². The summed E-state index contributed by atoms with van der Waals surface area (Å²) in [5.74, 6) is -0.673. The minimum Gasteiger partial charge on any atom is -0.345 e. The molecule has 0 saturated carbocycles. The third-order valence-corrected chi connectivity index (χ3v) is 5.83. The zero-order valence-electron chi connectivity index (χ0n) is 18.1. The Labute approximate surface area is 177 Å². The monoisotopic (exact) mass is 407 g/mol. The molecule has 1 aromatic heterocycles. The molecule has 30 heavy (non-hydrogen) atoms. The molecule has 6 heteroatoms. The highest BCUT2D eigenvalue weighted by Gasteiger charge is 2.49. The van der Waals surface area contributed by atoms with Crippen LogP contribution in [0.1, 0.15) is 53.1 Å². The fourth-order valence-corrected chi connectivity index (χ4v) is 4.05. The molecular weight excluding hydrogens is 378 g/mol. The van der Waals surface area contributed by atoms with Crippen LogP contribution in [0, 0.1) is 13.8 Å². The number of carbonyl (C=O) groups is 3. The number of benzene rings is 1. The molecule has 0 spiro atoms. The lowest BCUT2D eigenvalue weighted by Crippen LogP contribution is -2.41. The molecule has 1 aliphatic heterocycles. The number of urea groups is 1. The quantitative estimate of drug-likeness (QED) is 0.410. The number of nitrogens with one attached hydrogen (secondary N) is 1. The van der Waals surface area contributed by atoms with Crippen LogP contribution in [0.5, 0.6) is 0 Å². The van der Waals surface area contributed by atoms with Gasteiger partial charge in [-0.05, 0) is 44.4 Å². The number of nitrogens with zero attached hydrogens (tertiary/aromatic N) is 2. The predicted octanol–water partition coefficient (Wildman–Crippen LogP) is 3.89. The molecule has 1 unspecified atom stereocenters. The van der Waals surface area contributed by atoms with E-state index in [-0.39, 0.29) is 12.3 Å². The van der Waals surface area contributed by atoms with E-state index in [0.29, 0.717) is 17.7 Å². The summed E-state index contributed by atoms with van der Waals surface area (Å²) in [5, 5.41) is 2.77. The van der Waals surface area contributed by atoms with Crippen LogP contribution in [0.3, 0.4) is 0 Å². The minimum atomic E-state index is -1.18. The molecular formula is C24H29N3O3. The van der Waals surface area contributed by atoms with Gasteiger partial charge < -0.3 is 9.88 Å². The van der Waals surface area contributed by atoms with E-state index in [9.17, 15) is 14.4 Å². The van der Waals surface area contributed by atoms with Crippen molar-refractivity contribution >= 4 is 17.7 Å². The Morgan fingerprint density at radius 3 is 2.47 bits per heavy atom. The Kier molecular flexibility index (Phi) is 5.97. The predicted molar refractivity (Wildman–Crippen MR) is 116 cm³/mol. The normalized spacial score (nSPS) is 18.6. The molecule has 1 N–H and O–H groups in total. The van der Waals surface area contributed by atoms with E-state index in [4.69, 9.17) is 0 Å². The number of aromatic nitrogens is 1. The maximum atomic E-state index is 13.1. The largest absolute Gasteiger partial charge is 0.345 e. The molecule has 3 rings (SSSR count). The standard InChI is InChI=1S/C24H29N3O3/c1-6-8-18-9-11-19(12-10-18)24(5)22(29)27(23(30)25-24)15-21(28)20-14-16(3)26(13-7-2)17(20)4/h7,9-12,14H,2,6,8,13,15H2,1,3-5H3,(H,25,30). The van der Waals surface area contributed by atoms with E-state index in [2.05, 4.69) is 18.8 Å². The van der Waals surface area contributed by atoms with Crippen molar-refractivity contribution in [2.75, 3.05) is 6.54 Å². The van der Waals surface area contributed by atoms with Gasteiger partial charge in [0.1, 0.15) is 5.54 Å². The smallest absolute Gasteiger partial charge is 0.325 e. The molecule has 158 valence electrons. The summed E-state index contributed by atoms with van der Waals surface area (Å²) in [7, 11) is 0. The highest BCUT2D eigenvalue weighted by Crippen LogP contribution is 2.29. The zero-order chi connectivity index (χ0) is 22.1. The van der Waals surface area contributed by atoms with Crippen molar-refractivity contribution < 1.29 is 14.4 Å². The van der Waals surface area contributed by atoms with Crippen LogP contribution in [-0.2, 0) is 23.3 Å². The third-order valence-electron chi connectivity index (χ3n) is 5.83. The second-order valence-electron chi connectivity index (χ2n) is 8.00. The molecule has 1 fully saturated rings. The molecule has 2 aromatic rings. The molecule has 6 nitrogen and oxygen atoms in total. The molecule has 1 aliphatic rings. The van der Waals surface area contributed by atoms with Crippen molar-refractivity contribution in [2.24, 2.45) is 0 Å². The van der Waals surface area contributed by atoms with Crippen molar-refractivity contribution in [3.8, 4) is 0 Å². The van der Waals surface area contributed by atoms with Gasteiger partial charge in [0.15, 0.2) is 5.78 Å². The Hall–Kier alpha value is -3.15. The topological polar surface area (TPSA) is 71.4 Å². The highest BCUT2D eigenvalue weighted by molar-refractivity contribution is 6.11. The second kappa shape index (κ2) is 8.30. The first kappa shape index (κ1) is 21.6. The number of allylic oxidation sites excluding steroid dienone is 1. The number of imide groups is 1. The summed E-state index contributed by atoms with van der Waals surface area (Å²) in [6, 6.07) is 8.95. The SMILES string of the molecule is C=CCn1c(C)cc(C(=O)CN2C(=O)NC(C)(c3ccc(CCC)cc3)C2=O)c1C. The van der Waals surface area contributed by atoms with E-state index in [1.54, 1.807) is 19.1 Å². The lowest BCUT2D eigenvalue weighted by Gasteiger charge is -2.22. The van der Waals surface area contributed by atoms with E-state index in [0.717, 1.165) is 29.1 Å². The number of hydrogen-bond acceptors (Lipinski definition) is 3. The molecule has 1 aromatic carbocycles. The molecule has 1 atom stereocenters. The fraction of sp³-hybridized carbons (Fsp3) is 0.375. The third kappa shape index (κ3) is 3.70. The summed E-state index contributed by atoms with van der Waals surface area (Å²) in [6.45, 7) is 11.6. The van der Waals surface area contributed by atoms with Gasteiger partial charge in [-0.25, -0.2) is 4.79 Å². The molecule has 0 bridgehead atoms. The average molecular weight is 408 g/mol. The van der Waals surface area contributed by atoms with Crippen LogP contribution in [-0.4, -0.2) is 33.7 Å². The summed E-state index contributed by atoms with van der Waals surface area (Å²) in [4.78, 5) is 39.7. The van der Waals surface area contributed by atoms with Gasteiger partial charge in [-0.15, -0.1) is 6.58 Å². The Balaban J connectivity index is 1.82. The van der Waals surface area contributed by atoms with Gasteiger partial charge >= 0.3 is 6.03 Å². The number of aryl methyl sites for hydroxylation is 2. The van der Waals surface area contributed by atoms with E-state index in [1.165, 1.54) is 5.56 Å². The number of hydrogen-bond donors (Lipinski definition) is 1. The minimum absolute atomic E-state index is 0.260. The van der Waals surface area contributed by atoms with Crippen LogP contribution >= 0.6 is 0 Å². The molecule has 0 aliphatic carbocycles. The maximum Gasteiger partial charge on any atom is 0.325 e. The Bertz CT molecular complexity index is 1000. The van der Waals surface area contributed by atoms with Gasteiger partial charge in [-0.1, -0.05) is 43.7 Å². The summed E-state index contributed by atoms with van der Waals surface area (Å²) in [6.07, 6.45) is 3.76. The van der Waals surface area contributed by atoms with Crippen LogP contribution < -0.4 is 5.32 Å². The lowest BCUT2D eigenvalue weighted by molar-refractivity contribution is -0.130. The average Bonchev–Trinajstić information content (AvgIpc) is 3.11. The van der Waals surface area contributed by atoms with E-state index < -0.39 is 17.5 Å². The van der Waals surface area contributed by atoms with Crippen molar-refractivity contribution in [3.63, 3.8) is 0 Å². The van der Waals surface area contributed by atoms with Crippen LogP contribution in [0.25, 0.3) is 0 Å². The maximum absolute atomic E-state index is 13.1. The summed E-state index contributed by atoms with van der Waals surface area (Å²) >= 11 is 0. The van der Waals surface area contributed by atoms with Gasteiger partial charge in [0.25, 0.3) is 5.91 Å². The summed E-state index contributed by atoms with van der Waals surface area (Å²) in [5.41, 5.74) is 2.97. The fourth-order valence-electron chi connectivity index (χ4n) is 4.05. The van der Waals surface area contributed by atoms with Gasteiger partial charge in [0, 0.05) is 23.5 Å². The second-order valence-corrected chi connectivity index (χ2v) is 8.00. The number of ketones is 1. The van der Waals surface area contributed by atoms with Gasteiger partial charge in [-0.3, -0.25) is 14.5 Å². The van der Waals surface area contributed by atoms with Crippen molar-refractivity contribution in [3.05, 3.63) is 71.1 Å². The van der Waals surface area contributed by atoms with E-state index in [1.807, 2.05) is 42.7 Å². The molecule has 1 saturated heterocycles. The first-order valence-electron chi connectivity index (χ1n) is 10.3. The van der Waals surface area contributed by atoms with Gasteiger partial charge in [-0.2, -0.15) is 0 Å². The number of amides is 3. The van der Waals surface area contributed by atoms with Crippen molar-refractivity contribution in [1.82, 2.24) is 14.8 Å². The molecule has 2 heterocycles. The van der Waals surface area contributed by atoms with Crippen LogP contribution in [0.15, 0.2) is 43.0 Å².